The van der Waals surface area contributed by atoms with Gasteiger partial charge in [0.25, 0.3) is 5.91 Å². The lowest BCUT2D eigenvalue weighted by molar-refractivity contribution is -0.118. The molecule has 26 heavy (non-hydrogen) atoms. The van der Waals surface area contributed by atoms with Crippen LogP contribution in [0.3, 0.4) is 0 Å². The second kappa shape index (κ2) is 8.07. The molecule has 1 atom stereocenters. The highest BCUT2D eigenvalue weighted by molar-refractivity contribution is 5.97. The lowest BCUT2D eigenvalue weighted by atomic mass is 10.0. The average Bonchev–Trinajstić information content (AvgIpc) is 2.66. The largest absolute Gasteiger partial charge is 0.506 e. The van der Waals surface area contributed by atoms with Crippen LogP contribution in [0.4, 0.5) is 5.69 Å². The first-order valence-electron chi connectivity index (χ1n) is 8.38. The van der Waals surface area contributed by atoms with Crippen LogP contribution in [0.1, 0.15) is 17.2 Å². The molecule has 0 aliphatic carbocycles. The summed E-state index contributed by atoms with van der Waals surface area (Å²) in [6.45, 7) is 0.882. The van der Waals surface area contributed by atoms with Gasteiger partial charge in [0.15, 0.2) is 12.4 Å². The summed E-state index contributed by atoms with van der Waals surface area (Å²) in [7, 11) is 1.63. The highest BCUT2D eigenvalue weighted by atomic mass is 16.5. The predicted molar refractivity (Wildman–Crippen MR) is 96.8 cm³/mol. The van der Waals surface area contributed by atoms with Crippen molar-refractivity contribution in [1.82, 2.24) is 5.32 Å². The van der Waals surface area contributed by atoms with Gasteiger partial charge in [-0.1, -0.05) is 12.1 Å². The minimum absolute atomic E-state index is 0.0866. The van der Waals surface area contributed by atoms with Crippen LogP contribution in [0.25, 0.3) is 0 Å². The van der Waals surface area contributed by atoms with Gasteiger partial charge >= 0.3 is 0 Å². The van der Waals surface area contributed by atoms with Crippen molar-refractivity contribution in [3.8, 4) is 17.2 Å². The molecule has 0 saturated carbocycles. The first-order chi connectivity index (χ1) is 12.6. The van der Waals surface area contributed by atoms with Crippen molar-refractivity contribution in [3.63, 3.8) is 0 Å². The normalized spacial score (nSPS) is 14.2. The zero-order valence-electron chi connectivity index (χ0n) is 14.5. The van der Waals surface area contributed by atoms with E-state index in [4.69, 9.17) is 9.47 Å². The van der Waals surface area contributed by atoms with Crippen molar-refractivity contribution in [2.24, 2.45) is 0 Å². The number of aliphatic hydroxyl groups excluding tert-OH is 1. The Labute approximate surface area is 151 Å². The lowest BCUT2D eigenvalue weighted by Crippen LogP contribution is -2.28. The van der Waals surface area contributed by atoms with Gasteiger partial charge in [-0.25, -0.2) is 0 Å². The Morgan fingerprint density at radius 3 is 2.77 bits per heavy atom. The third-order valence-corrected chi connectivity index (χ3v) is 4.22. The van der Waals surface area contributed by atoms with Crippen molar-refractivity contribution in [2.75, 3.05) is 32.1 Å². The van der Waals surface area contributed by atoms with E-state index in [2.05, 4.69) is 10.6 Å². The number of benzene rings is 2. The summed E-state index contributed by atoms with van der Waals surface area (Å²) < 4.78 is 10.5. The fraction of sp³-hybridized carbons (Fsp3) is 0.316. The molecule has 1 aliphatic heterocycles. The minimum atomic E-state index is -0.824. The van der Waals surface area contributed by atoms with E-state index >= 15 is 0 Å². The Balaban J connectivity index is 1.56. The number of phenolic OH excluding ortho intramolecular Hbond substituents is 1. The fourth-order valence-electron chi connectivity index (χ4n) is 2.81. The molecule has 1 unspecified atom stereocenters. The number of fused-ring (bicyclic) bond motifs is 1. The second-order valence-electron chi connectivity index (χ2n) is 6.03. The van der Waals surface area contributed by atoms with E-state index in [1.54, 1.807) is 13.2 Å². The van der Waals surface area contributed by atoms with E-state index in [-0.39, 0.29) is 24.0 Å². The van der Waals surface area contributed by atoms with E-state index < -0.39 is 6.10 Å². The number of carbonyl (C=O) groups is 1. The van der Waals surface area contributed by atoms with E-state index in [1.165, 1.54) is 11.6 Å². The van der Waals surface area contributed by atoms with Crippen LogP contribution in [0.2, 0.25) is 0 Å². The number of aromatic hydroxyl groups is 1. The molecule has 0 radical (unpaired) electrons. The van der Waals surface area contributed by atoms with Gasteiger partial charge in [0.1, 0.15) is 17.2 Å². The maximum absolute atomic E-state index is 11.4. The molecule has 2 aromatic carbocycles. The Morgan fingerprint density at radius 1 is 1.27 bits per heavy atom. The molecule has 138 valence electrons. The van der Waals surface area contributed by atoms with Crippen LogP contribution >= 0.6 is 0 Å². The molecule has 0 spiro atoms. The van der Waals surface area contributed by atoms with E-state index in [1.807, 2.05) is 24.3 Å². The van der Waals surface area contributed by atoms with Crippen molar-refractivity contribution in [3.05, 3.63) is 47.5 Å². The third kappa shape index (κ3) is 4.07. The molecule has 0 fully saturated rings. The smallest absolute Gasteiger partial charge is 0.262 e. The number of methoxy groups -OCH3 is 1. The number of amides is 1. The number of nitrogens with one attached hydrogen (secondary N) is 2. The van der Waals surface area contributed by atoms with Crippen LogP contribution in [-0.4, -0.2) is 42.9 Å². The Morgan fingerprint density at radius 2 is 2.04 bits per heavy atom. The number of anilines is 1. The first kappa shape index (κ1) is 18.0. The summed E-state index contributed by atoms with van der Waals surface area (Å²) in [4.78, 5) is 11.4. The topological polar surface area (TPSA) is 100 Å². The summed E-state index contributed by atoms with van der Waals surface area (Å²) in [5.41, 5.74) is 1.90. The second-order valence-corrected chi connectivity index (χ2v) is 6.03. The third-order valence-electron chi connectivity index (χ3n) is 4.22. The minimum Gasteiger partial charge on any atom is -0.506 e. The highest BCUT2D eigenvalue weighted by Crippen LogP contribution is 2.41. The Hall–Kier alpha value is -2.77. The molecule has 1 amide bonds. The van der Waals surface area contributed by atoms with Gasteiger partial charge < -0.3 is 30.3 Å². The van der Waals surface area contributed by atoms with Gasteiger partial charge in [-0.05, 0) is 42.8 Å². The van der Waals surface area contributed by atoms with Gasteiger partial charge in [-0.3, -0.25) is 4.79 Å². The van der Waals surface area contributed by atoms with E-state index in [0.29, 0.717) is 24.4 Å². The molecule has 7 nitrogen and oxygen atoms in total. The number of phenols is 1. The quantitative estimate of drug-likeness (QED) is 0.443. The molecule has 1 aliphatic rings. The number of ether oxygens (including phenoxy) is 2. The van der Waals surface area contributed by atoms with Crippen LogP contribution < -0.4 is 20.1 Å². The molecular weight excluding hydrogens is 336 g/mol. The standard InChI is InChI=1S/C19H22N2O5/c1-25-13-4-2-12(3-5-13)8-9-20-10-16(23)14-6-7-15(22)18-19(14)26-11-17(24)21-18/h2-7,16,20,22-23H,8-11H2,1H3,(H,21,24). The molecule has 0 saturated heterocycles. The molecule has 4 N–H and O–H groups in total. The number of carbonyl (C=O) groups excluding carboxylic acids is 1. The molecule has 2 aromatic rings. The van der Waals surface area contributed by atoms with Gasteiger partial charge in [0.2, 0.25) is 0 Å². The van der Waals surface area contributed by atoms with Gasteiger partial charge in [0.05, 0.1) is 13.2 Å². The van der Waals surface area contributed by atoms with Crippen molar-refractivity contribution < 1.29 is 24.5 Å². The molecule has 0 aromatic heterocycles. The monoisotopic (exact) mass is 358 g/mol. The van der Waals surface area contributed by atoms with Crippen LogP contribution in [0, 0.1) is 0 Å². The van der Waals surface area contributed by atoms with Crippen LogP contribution in [-0.2, 0) is 11.2 Å². The average molecular weight is 358 g/mol. The van der Waals surface area contributed by atoms with Gasteiger partial charge in [0, 0.05) is 12.1 Å². The van der Waals surface area contributed by atoms with Gasteiger partial charge in [-0.15, -0.1) is 0 Å². The predicted octanol–water partition coefficient (Wildman–Crippen LogP) is 1.60. The van der Waals surface area contributed by atoms with Crippen LogP contribution in [0.5, 0.6) is 17.2 Å². The Kier molecular flexibility index (Phi) is 5.60. The van der Waals surface area contributed by atoms with E-state index in [0.717, 1.165) is 12.2 Å². The maximum Gasteiger partial charge on any atom is 0.262 e. The zero-order valence-corrected chi connectivity index (χ0v) is 14.5. The van der Waals surface area contributed by atoms with E-state index in [9.17, 15) is 15.0 Å². The number of aliphatic hydroxyl groups is 1. The van der Waals surface area contributed by atoms with Crippen LogP contribution in [0.15, 0.2) is 36.4 Å². The molecule has 1 heterocycles. The molecule has 0 bridgehead atoms. The summed E-state index contributed by atoms with van der Waals surface area (Å²) in [6, 6.07) is 10.9. The van der Waals surface area contributed by atoms with Gasteiger partial charge in [-0.2, -0.15) is 0 Å². The molecule has 7 heteroatoms. The SMILES string of the molecule is COc1ccc(CCNCC(O)c2ccc(O)c3c2OCC(=O)N3)cc1. The van der Waals surface area contributed by atoms with Crippen molar-refractivity contribution >= 4 is 11.6 Å². The van der Waals surface area contributed by atoms with Crippen molar-refractivity contribution in [2.45, 2.75) is 12.5 Å². The Bertz CT molecular complexity index is 776. The molecular formula is C19H22N2O5. The fourth-order valence-corrected chi connectivity index (χ4v) is 2.81. The number of hydrogen-bond donors (Lipinski definition) is 4. The maximum atomic E-state index is 11.4. The summed E-state index contributed by atoms with van der Waals surface area (Å²) in [5, 5.41) is 26.1. The van der Waals surface area contributed by atoms with Crippen molar-refractivity contribution in [1.29, 1.82) is 0 Å². The number of rotatable bonds is 7. The lowest BCUT2D eigenvalue weighted by Gasteiger charge is -2.23. The first-order valence-corrected chi connectivity index (χ1v) is 8.38. The number of hydrogen-bond acceptors (Lipinski definition) is 6. The highest BCUT2D eigenvalue weighted by Gasteiger charge is 2.25. The summed E-state index contributed by atoms with van der Waals surface area (Å²) >= 11 is 0. The zero-order chi connectivity index (χ0) is 18.5. The summed E-state index contributed by atoms with van der Waals surface area (Å²) in [6.07, 6.45) is -0.00745. The summed E-state index contributed by atoms with van der Waals surface area (Å²) in [5.74, 6) is 0.712. The molecule has 3 rings (SSSR count).